The zero-order valence-corrected chi connectivity index (χ0v) is 14.7. The SMILES string of the molecule is Cc1nc(Nc2cccc(F)c2)sc1C(=O)Nc1cccc(C(F)(F)F)c1. The maximum absolute atomic E-state index is 13.2. The van der Waals surface area contributed by atoms with E-state index in [2.05, 4.69) is 15.6 Å². The predicted molar refractivity (Wildman–Crippen MR) is 95.9 cm³/mol. The summed E-state index contributed by atoms with van der Waals surface area (Å²) in [5.74, 6) is -0.993. The number of carbonyl (C=O) groups excluding carboxylic acids is 1. The van der Waals surface area contributed by atoms with Crippen LogP contribution in [0.5, 0.6) is 0 Å². The van der Waals surface area contributed by atoms with Gasteiger partial charge in [-0.05, 0) is 43.3 Å². The summed E-state index contributed by atoms with van der Waals surface area (Å²) in [6.45, 7) is 1.61. The minimum atomic E-state index is -4.50. The fourth-order valence-electron chi connectivity index (χ4n) is 2.31. The Labute approximate surface area is 155 Å². The van der Waals surface area contributed by atoms with E-state index in [1.807, 2.05) is 0 Å². The second-order valence-electron chi connectivity index (χ2n) is 5.60. The quantitative estimate of drug-likeness (QED) is 0.565. The summed E-state index contributed by atoms with van der Waals surface area (Å²) in [5, 5.41) is 5.70. The van der Waals surface area contributed by atoms with Crippen molar-refractivity contribution in [3.63, 3.8) is 0 Å². The highest BCUT2D eigenvalue weighted by Gasteiger charge is 2.30. The second kappa shape index (κ2) is 7.36. The smallest absolute Gasteiger partial charge is 0.331 e. The van der Waals surface area contributed by atoms with Crippen molar-refractivity contribution in [1.82, 2.24) is 4.98 Å². The fraction of sp³-hybridized carbons (Fsp3) is 0.111. The van der Waals surface area contributed by atoms with Crippen molar-refractivity contribution >= 4 is 33.8 Å². The molecule has 4 nitrogen and oxygen atoms in total. The van der Waals surface area contributed by atoms with Crippen LogP contribution in [0.1, 0.15) is 20.9 Å². The number of halogens is 4. The van der Waals surface area contributed by atoms with E-state index in [0.717, 1.165) is 23.5 Å². The van der Waals surface area contributed by atoms with Gasteiger partial charge in [-0.2, -0.15) is 13.2 Å². The Morgan fingerprint density at radius 1 is 1.07 bits per heavy atom. The number of aromatic nitrogens is 1. The van der Waals surface area contributed by atoms with Crippen molar-refractivity contribution in [2.75, 3.05) is 10.6 Å². The summed E-state index contributed by atoms with van der Waals surface area (Å²) >= 11 is 1.02. The van der Waals surface area contributed by atoms with Crippen LogP contribution < -0.4 is 10.6 Å². The van der Waals surface area contributed by atoms with E-state index >= 15 is 0 Å². The molecule has 0 unspecified atom stereocenters. The van der Waals surface area contributed by atoms with Crippen LogP contribution in [-0.2, 0) is 6.18 Å². The summed E-state index contributed by atoms with van der Waals surface area (Å²) in [6, 6.07) is 10.1. The molecule has 3 aromatic rings. The third kappa shape index (κ3) is 4.62. The average Bonchev–Trinajstić information content (AvgIpc) is 2.95. The van der Waals surface area contributed by atoms with Gasteiger partial charge in [0.25, 0.3) is 5.91 Å². The number of benzene rings is 2. The lowest BCUT2D eigenvalue weighted by Crippen LogP contribution is -2.13. The average molecular weight is 395 g/mol. The van der Waals surface area contributed by atoms with E-state index < -0.39 is 23.5 Å². The van der Waals surface area contributed by atoms with E-state index in [1.165, 1.54) is 30.3 Å². The van der Waals surface area contributed by atoms with E-state index in [9.17, 15) is 22.4 Å². The van der Waals surface area contributed by atoms with E-state index in [1.54, 1.807) is 13.0 Å². The second-order valence-corrected chi connectivity index (χ2v) is 6.60. The van der Waals surface area contributed by atoms with Gasteiger partial charge >= 0.3 is 6.18 Å². The maximum atomic E-state index is 13.2. The molecule has 0 aliphatic carbocycles. The minimum Gasteiger partial charge on any atom is -0.331 e. The molecule has 140 valence electrons. The number of amides is 1. The first-order valence-electron chi connectivity index (χ1n) is 7.71. The molecule has 27 heavy (non-hydrogen) atoms. The summed E-state index contributed by atoms with van der Waals surface area (Å²) in [5.41, 5.74) is 0.0500. The van der Waals surface area contributed by atoms with Crippen LogP contribution in [0, 0.1) is 12.7 Å². The molecule has 3 rings (SSSR count). The topological polar surface area (TPSA) is 54.0 Å². The van der Waals surface area contributed by atoms with Crippen LogP contribution in [0.4, 0.5) is 34.1 Å². The minimum absolute atomic E-state index is 0.0299. The van der Waals surface area contributed by atoms with E-state index in [-0.39, 0.29) is 10.6 Å². The molecule has 0 spiro atoms. The van der Waals surface area contributed by atoms with Crippen molar-refractivity contribution in [3.05, 3.63) is 70.5 Å². The van der Waals surface area contributed by atoms with E-state index in [0.29, 0.717) is 16.5 Å². The Hall–Kier alpha value is -2.94. The lowest BCUT2D eigenvalue weighted by Gasteiger charge is -2.09. The number of aryl methyl sites for hydroxylation is 1. The molecule has 0 aliphatic heterocycles. The van der Waals surface area contributed by atoms with Crippen LogP contribution >= 0.6 is 11.3 Å². The first-order valence-corrected chi connectivity index (χ1v) is 8.52. The van der Waals surface area contributed by atoms with Gasteiger partial charge in [-0.1, -0.05) is 23.5 Å². The third-order valence-corrected chi connectivity index (χ3v) is 4.60. The molecular weight excluding hydrogens is 382 g/mol. The first-order chi connectivity index (χ1) is 12.7. The molecule has 2 N–H and O–H groups in total. The first kappa shape index (κ1) is 18.8. The monoisotopic (exact) mass is 395 g/mol. The zero-order valence-electron chi connectivity index (χ0n) is 13.9. The molecule has 1 heterocycles. The summed E-state index contributed by atoms with van der Waals surface area (Å²) in [7, 11) is 0. The number of carbonyl (C=O) groups is 1. The molecule has 1 aromatic heterocycles. The van der Waals surface area contributed by atoms with Crippen molar-refractivity contribution < 1.29 is 22.4 Å². The molecule has 2 aromatic carbocycles. The number of rotatable bonds is 4. The van der Waals surface area contributed by atoms with Gasteiger partial charge in [-0.3, -0.25) is 4.79 Å². The molecule has 0 bridgehead atoms. The van der Waals surface area contributed by atoms with E-state index in [4.69, 9.17) is 0 Å². The standard InChI is InChI=1S/C18H13F4N3OS/c1-10-15(27-17(23-10)25-14-7-3-5-12(19)9-14)16(26)24-13-6-2-4-11(8-13)18(20,21)22/h2-9H,1H3,(H,23,25)(H,24,26). The highest BCUT2D eigenvalue weighted by atomic mass is 32.1. The van der Waals surface area contributed by atoms with Crippen LogP contribution in [0.2, 0.25) is 0 Å². The van der Waals surface area contributed by atoms with Crippen LogP contribution in [0.25, 0.3) is 0 Å². The fourth-order valence-corrected chi connectivity index (χ4v) is 3.19. The summed E-state index contributed by atoms with van der Waals surface area (Å²) < 4.78 is 51.6. The number of nitrogens with zero attached hydrogens (tertiary/aromatic N) is 1. The Balaban J connectivity index is 1.77. The Morgan fingerprint density at radius 2 is 1.78 bits per heavy atom. The number of alkyl halides is 3. The summed E-state index contributed by atoms with van der Waals surface area (Å²) in [4.78, 5) is 16.8. The Morgan fingerprint density at radius 3 is 2.48 bits per heavy atom. The van der Waals surface area contributed by atoms with Crippen molar-refractivity contribution in [2.45, 2.75) is 13.1 Å². The number of hydrogen-bond donors (Lipinski definition) is 2. The van der Waals surface area contributed by atoms with Crippen molar-refractivity contribution in [1.29, 1.82) is 0 Å². The largest absolute Gasteiger partial charge is 0.416 e. The van der Waals surface area contributed by atoms with Crippen molar-refractivity contribution in [3.8, 4) is 0 Å². The van der Waals surface area contributed by atoms with Gasteiger partial charge in [0.15, 0.2) is 5.13 Å². The van der Waals surface area contributed by atoms with Crippen LogP contribution in [0.15, 0.2) is 48.5 Å². The number of hydrogen-bond acceptors (Lipinski definition) is 4. The molecule has 0 fully saturated rings. The zero-order chi connectivity index (χ0) is 19.6. The molecule has 0 radical (unpaired) electrons. The molecule has 1 amide bonds. The third-order valence-electron chi connectivity index (χ3n) is 3.53. The van der Waals surface area contributed by atoms with Gasteiger partial charge in [0.2, 0.25) is 0 Å². The van der Waals surface area contributed by atoms with Crippen LogP contribution in [0.3, 0.4) is 0 Å². The Kier molecular flexibility index (Phi) is 5.13. The number of nitrogens with one attached hydrogen (secondary N) is 2. The lowest BCUT2D eigenvalue weighted by molar-refractivity contribution is -0.137. The van der Waals surface area contributed by atoms with Gasteiger partial charge in [0, 0.05) is 11.4 Å². The Bertz CT molecular complexity index is 985. The molecule has 0 saturated heterocycles. The maximum Gasteiger partial charge on any atom is 0.416 e. The molecule has 0 atom stereocenters. The summed E-state index contributed by atoms with van der Waals surface area (Å²) in [6.07, 6.45) is -4.50. The normalized spacial score (nSPS) is 11.3. The highest BCUT2D eigenvalue weighted by molar-refractivity contribution is 7.17. The molecular formula is C18H13F4N3OS. The molecule has 0 aliphatic rings. The molecule has 9 heteroatoms. The van der Waals surface area contributed by atoms with Gasteiger partial charge < -0.3 is 10.6 Å². The number of anilines is 3. The lowest BCUT2D eigenvalue weighted by atomic mass is 10.2. The predicted octanol–water partition coefficient (Wildman–Crippen LogP) is 5.61. The van der Waals surface area contributed by atoms with Gasteiger partial charge in [-0.25, -0.2) is 9.37 Å². The van der Waals surface area contributed by atoms with Gasteiger partial charge in [0.05, 0.1) is 11.3 Å². The number of thiazole rings is 1. The van der Waals surface area contributed by atoms with Gasteiger partial charge in [-0.15, -0.1) is 0 Å². The highest BCUT2D eigenvalue weighted by Crippen LogP contribution is 2.31. The van der Waals surface area contributed by atoms with Crippen LogP contribution in [-0.4, -0.2) is 10.9 Å². The van der Waals surface area contributed by atoms with Gasteiger partial charge in [0.1, 0.15) is 10.7 Å². The molecule has 0 saturated carbocycles. The van der Waals surface area contributed by atoms with Crippen molar-refractivity contribution in [2.24, 2.45) is 0 Å².